The van der Waals surface area contributed by atoms with E-state index in [9.17, 15) is 5.11 Å². The van der Waals surface area contributed by atoms with Crippen LogP contribution in [0.15, 0.2) is 12.1 Å². The van der Waals surface area contributed by atoms with Gasteiger partial charge in [-0.05, 0) is 36.5 Å². The van der Waals surface area contributed by atoms with Crippen molar-refractivity contribution in [3.63, 3.8) is 0 Å². The van der Waals surface area contributed by atoms with Crippen LogP contribution in [-0.2, 0) is 0 Å². The van der Waals surface area contributed by atoms with Gasteiger partial charge in [0.05, 0.1) is 5.02 Å². The lowest BCUT2D eigenvalue weighted by molar-refractivity contribution is 0.471. The predicted molar refractivity (Wildman–Crippen MR) is 56.6 cm³/mol. The van der Waals surface area contributed by atoms with Crippen LogP contribution in [0.2, 0.25) is 5.02 Å². The quantitative estimate of drug-likeness (QED) is 0.765. The maximum Gasteiger partial charge on any atom is 0.137 e. The highest BCUT2D eigenvalue weighted by atomic mass is 35.5. The van der Waals surface area contributed by atoms with Crippen LogP contribution in [0.4, 0.5) is 0 Å². The van der Waals surface area contributed by atoms with Crippen LogP contribution in [-0.4, -0.2) is 5.11 Å². The zero-order chi connectivity index (χ0) is 10.0. The van der Waals surface area contributed by atoms with E-state index in [2.05, 4.69) is 13.8 Å². The smallest absolute Gasteiger partial charge is 0.137 e. The average Bonchev–Trinajstić information content (AvgIpc) is 2.12. The standard InChI is InChI=1S/C11H15ClO/c1-4-7(2)9-5-8(3)11(13)10(12)6-9/h5-7,13H,4H2,1-3H3. The molecule has 13 heavy (non-hydrogen) atoms. The molecule has 0 fully saturated rings. The molecular weight excluding hydrogens is 184 g/mol. The van der Waals surface area contributed by atoms with Gasteiger partial charge in [0.1, 0.15) is 5.75 Å². The molecular formula is C11H15ClO. The van der Waals surface area contributed by atoms with E-state index in [-0.39, 0.29) is 5.75 Å². The van der Waals surface area contributed by atoms with Gasteiger partial charge in [-0.25, -0.2) is 0 Å². The summed E-state index contributed by atoms with van der Waals surface area (Å²) in [5.74, 6) is 0.700. The molecule has 1 atom stereocenters. The second-order valence-corrected chi connectivity index (χ2v) is 3.88. The predicted octanol–water partition coefficient (Wildman–Crippen LogP) is 3.87. The van der Waals surface area contributed by atoms with Crippen molar-refractivity contribution in [2.24, 2.45) is 0 Å². The first-order valence-electron chi connectivity index (χ1n) is 4.55. The fraction of sp³-hybridized carbons (Fsp3) is 0.455. The van der Waals surface area contributed by atoms with Crippen LogP contribution in [0.5, 0.6) is 5.75 Å². The second kappa shape index (κ2) is 4.01. The lowest BCUT2D eigenvalue weighted by Gasteiger charge is -2.11. The highest BCUT2D eigenvalue weighted by molar-refractivity contribution is 6.32. The van der Waals surface area contributed by atoms with Crippen molar-refractivity contribution in [3.05, 3.63) is 28.3 Å². The third-order valence-corrected chi connectivity index (χ3v) is 2.75. The summed E-state index contributed by atoms with van der Waals surface area (Å²) in [6.45, 7) is 6.16. The van der Waals surface area contributed by atoms with Gasteiger partial charge >= 0.3 is 0 Å². The Kier molecular flexibility index (Phi) is 3.21. The molecule has 0 radical (unpaired) electrons. The molecule has 1 N–H and O–H groups in total. The first kappa shape index (κ1) is 10.4. The minimum absolute atomic E-state index is 0.203. The molecule has 0 saturated heterocycles. The number of aromatic hydroxyl groups is 1. The molecule has 1 nitrogen and oxygen atoms in total. The van der Waals surface area contributed by atoms with E-state index >= 15 is 0 Å². The molecule has 0 aromatic heterocycles. The molecule has 0 aliphatic carbocycles. The molecule has 2 heteroatoms. The third kappa shape index (κ3) is 2.16. The largest absolute Gasteiger partial charge is 0.506 e. The Morgan fingerprint density at radius 3 is 2.54 bits per heavy atom. The summed E-state index contributed by atoms with van der Waals surface area (Å²) in [6.07, 6.45) is 1.08. The van der Waals surface area contributed by atoms with E-state index in [1.54, 1.807) is 0 Å². The highest BCUT2D eigenvalue weighted by Crippen LogP contribution is 2.31. The Labute approximate surface area is 84.4 Å². The van der Waals surface area contributed by atoms with Crippen LogP contribution in [0.3, 0.4) is 0 Å². The van der Waals surface area contributed by atoms with Crippen molar-refractivity contribution >= 4 is 11.6 Å². The fourth-order valence-electron chi connectivity index (χ4n) is 1.28. The fourth-order valence-corrected chi connectivity index (χ4v) is 1.56. The minimum Gasteiger partial charge on any atom is -0.506 e. The molecule has 0 amide bonds. The van der Waals surface area contributed by atoms with E-state index in [0.29, 0.717) is 10.9 Å². The Morgan fingerprint density at radius 2 is 2.08 bits per heavy atom. The number of aryl methyl sites for hydroxylation is 1. The summed E-state index contributed by atoms with van der Waals surface area (Å²) in [4.78, 5) is 0. The van der Waals surface area contributed by atoms with Gasteiger partial charge < -0.3 is 5.11 Å². The van der Waals surface area contributed by atoms with E-state index in [4.69, 9.17) is 11.6 Å². The Bertz CT molecular complexity index is 284. The van der Waals surface area contributed by atoms with Crippen LogP contribution < -0.4 is 0 Å². The molecule has 1 rings (SSSR count). The number of rotatable bonds is 2. The lowest BCUT2D eigenvalue weighted by Crippen LogP contribution is -1.92. The van der Waals surface area contributed by atoms with Gasteiger partial charge in [0.25, 0.3) is 0 Å². The summed E-state index contributed by atoms with van der Waals surface area (Å²) in [6, 6.07) is 3.84. The van der Waals surface area contributed by atoms with Crippen molar-refractivity contribution in [1.82, 2.24) is 0 Å². The van der Waals surface area contributed by atoms with Gasteiger partial charge in [0, 0.05) is 0 Å². The van der Waals surface area contributed by atoms with E-state index in [1.807, 2.05) is 19.1 Å². The normalized spacial score (nSPS) is 12.9. The van der Waals surface area contributed by atoms with Crippen LogP contribution in [0.25, 0.3) is 0 Å². The Hall–Kier alpha value is -0.690. The van der Waals surface area contributed by atoms with Gasteiger partial charge in [-0.15, -0.1) is 0 Å². The molecule has 0 saturated carbocycles. The van der Waals surface area contributed by atoms with Crippen LogP contribution >= 0.6 is 11.6 Å². The molecule has 0 aliphatic heterocycles. The van der Waals surface area contributed by atoms with Gasteiger partial charge in [0.15, 0.2) is 0 Å². The summed E-state index contributed by atoms with van der Waals surface area (Å²) < 4.78 is 0. The van der Waals surface area contributed by atoms with Gasteiger partial charge in [-0.1, -0.05) is 31.5 Å². The molecule has 1 aromatic rings. The molecule has 1 aromatic carbocycles. The number of hydrogen-bond donors (Lipinski definition) is 1. The lowest BCUT2D eigenvalue weighted by atomic mass is 9.97. The van der Waals surface area contributed by atoms with Crippen molar-refractivity contribution in [2.45, 2.75) is 33.1 Å². The van der Waals surface area contributed by atoms with E-state index in [0.717, 1.165) is 12.0 Å². The van der Waals surface area contributed by atoms with Crippen molar-refractivity contribution in [1.29, 1.82) is 0 Å². The first-order valence-corrected chi connectivity index (χ1v) is 4.93. The van der Waals surface area contributed by atoms with E-state index in [1.165, 1.54) is 5.56 Å². The number of phenolic OH excluding ortho intramolecular Hbond substituents is 1. The Morgan fingerprint density at radius 1 is 1.46 bits per heavy atom. The van der Waals surface area contributed by atoms with Gasteiger partial charge in [-0.2, -0.15) is 0 Å². The van der Waals surface area contributed by atoms with Crippen molar-refractivity contribution in [2.75, 3.05) is 0 Å². The number of halogens is 1. The number of hydrogen-bond acceptors (Lipinski definition) is 1. The van der Waals surface area contributed by atoms with Crippen molar-refractivity contribution < 1.29 is 5.11 Å². The molecule has 0 bridgehead atoms. The zero-order valence-corrected chi connectivity index (χ0v) is 9.02. The molecule has 1 unspecified atom stereocenters. The summed E-state index contributed by atoms with van der Waals surface area (Å²) in [7, 11) is 0. The number of phenols is 1. The molecule has 72 valence electrons. The highest BCUT2D eigenvalue weighted by Gasteiger charge is 2.08. The van der Waals surface area contributed by atoms with Crippen LogP contribution in [0.1, 0.15) is 37.3 Å². The van der Waals surface area contributed by atoms with Crippen molar-refractivity contribution in [3.8, 4) is 5.75 Å². The maximum absolute atomic E-state index is 9.45. The molecule has 0 heterocycles. The SMILES string of the molecule is CCC(C)c1cc(C)c(O)c(Cl)c1. The monoisotopic (exact) mass is 198 g/mol. The van der Waals surface area contributed by atoms with Crippen LogP contribution in [0, 0.1) is 6.92 Å². The summed E-state index contributed by atoms with van der Waals surface area (Å²) in [5, 5.41) is 9.91. The summed E-state index contributed by atoms with van der Waals surface area (Å²) >= 11 is 5.87. The Balaban J connectivity index is 3.13. The first-order chi connectivity index (χ1) is 6.06. The minimum atomic E-state index is 0.203. The topological polar surface area (TPSA) is 20.2 Å². The zero-order valence-electron chi connectivity index (χ0n) is 8.26. The second-order valence-electron chi connectivity index (χ2n) is 3.48. The third-order valence-electron chi connectivity index (χ3n) is 2.46. The van der Waals surface area contributed by atoms with E-state index < -0.39 is 0 Å². The van der Waals surface area contributed by atoms with Gasteiger partial charge in [0.2, 0.25) is 0 Å². The number of benzene rings is 1. The molecule has 0 aliphatic rings. The maximum atomic E-state index is 9.45. The summed E-state index contributed by atoms with van der Waals surface area (Å²) in [5.41, 5.74) is 2.05. The average molecular weight is 199 g/mol. The van der Waals surface area contributed by atoms with Gasteiger partial charge in [-0.3, -0.25) is 0 Å². The molecule has 0 spiro atoms.